The molecule has 2 heterocycles. The summed E-state index contributed by atoms with van der Waals surface area (Å²) >= 11 is 1.77. The first kappa shape index (κ1) is 10.6. The van der Waals surface area contributed by atoms with Gasteiger partial charge in [-0.15, -0.1) is 11.3 Å². The van der Waals surface area contributed by atoms with Crippen LogP contribution in [-0.2, 0) is 6.42 Å². The summed E-state index contributed by atoms with van der Waals surface area (Å²) in [7, 11) is 0. The molecule has 1 unspecified atom stereocenters. The van der Waals surface area contributed by atoms with Gasteiger partial charge in [-0.05, 0) is 34.9 Å². The van der Waals surface area contributed by atoms with Crippen LogP contribution in [0, 0.1) is 0 Å². The van der Waals surface area contributed by atoms with Gasteiger partial charge in [0.05, 0.1) is 12.5 Å². The lowest BCUT2D eigenvalue weighted by Gasteiger charge is -2.08. The van der Waals surface area contributed by atoms with E-state index in [2.05, 4.69) is 29.6 Å². The van der Waals surface area contributed by atoms with Crippen molar-refractivity contribution < 1.29 is 4.42 Å². The molecule has 0 fully saturated rings. The van der Waals surface area contributed by atoms with Gasteiger partial charge in [-0.25, -0.2) is 0 Å². The van der Waals surface area contributed by atoms with Crippen molar-refractivity contribution >= 4 is 21.4 Å². The Balaban J connectivity index is 1.90. The quantitative estimate of drug-likeness (QED) is 0.761. The fourth-order valence-corrected chi connectivity index (χ4v) is 3.01. The number of benzene rings is 1. The van der Waals surface area contributed by atoms with Crippen molar-refractivity contribution in [3.05, 3.63) is 59.4 Å². The van der Waals surface area contributed by atoms with Gasteiger partial charge in [-0.2, -0.15) is 0 Å². The summed E-state index contributed by atoms with van der Waals surface area (Å²) in [5, 5.41) is 3.52. The number of fused-ring (bicyclic) bond motifs is 1. The van der Waals surface area contributed by atoms with Crippen molar-refractivity contribution in [3.63, 3.8) is 0 Å². The zero-order chi connectivity index (χ0) is 11.7. The maximum absolute atomic E-state index is 6.17. The lowest BCUT2D eigenvalue weighted by Crippen LogP contribution is -2.12. The first-order valence-corrected chi connectivity index (χ1v) is 6.45. The van der Waals surface area contributed by atoms with E-state index in [1.165, 1.54) is 15.6 Å². The molecule has 86 valence electrons. The molecule has 3 rings (SSSR count). The average Bonchev–Trinajstić information content (AvgIpc) is 2.98. The molecule has 2 nitrogen and oxygen atoms in total. The van der Waals surface area contributed by atoms with Gasteiger partial charge in [0.15, 0.2) is 0 Å². The smallest absolute Gasteiger partial charge is 0.0950 e. The third kappa shape index (κ3) is 1.99. The molecule has 0 aliphatic heterocycles. The molecule has 0 aliphatic rings. The second-order valence-corrected chi connectivity index (χ2v) is 5.04. The zero-order valence-corrected chi connectivity index (χ0v) is 10.1. The van der Waals surface area contributed by atoms with Crippen LogP contribution in [-0.4, -0.2) is 0 Å². The highest BCUT2D eigenvalue weighted by Gasteiger charge is 2.11. The van der Waals surface area contributed by atoms with E-state index >= 15 is 0 Å². The van der Waals surface area contributed by atoms with Crippen molar-refractivity contribution in [2.75, 3.05) is 0 Å². The molecule has 1 atom stereocenters. The van der Waals surface area contributed by atoms with Crippen LogP contribution in [0.25, 0.3) is 10.1 Å². The van der Waals surface area contributed by atoms with E-state index in [1.54, 1.807) is 23.9 Å². The summed E-state index contributed by atoms with van der Waals surface area (Å²) in [6, 6.07) is 10.4. The topological polar surface area (TPSA) is 39.2 Å². The third-order valence-electron chi connectivity index (χ3n) is 2.97. The molecule has 0 spiro atoms. The van der Waals surface area contributed by atoms with Crippen LogP contribution in [0.2, 0.25) is 0 Å². The standard InChI is InChI=1S/C14H13NOS/c15-13(10-5-6-16-8-10)7-11-9-17-14-4-2-1-3-12(11)14/h1-6,8-9,13H,7,15H2. The molecule has 0 bridgehead atoms. The molecule has 0 amide bonds. The molecule has 2 aromatic heterocycles. The van der Waals surface area contributed by atoms with E-state index in [9.17, 15) is 0 Å². The van der Waals surface area contributed by atoms with E-state index in [1.807, 2.05) is 6.07 Å². The van der Waals surface area contributed by atoms with Crippen LogP contribution in [0.5, 0.6) is 0 Å². The van der Waals surface area contributed by atoms with E-state index in [-0.39, 0.29) is 6.04 Å². The minimum Gasteiger partial charge on any atom is -0.472 e. The third-order valence-corrected chi connectivity index (χ3v) is 3.98. The minimum absolute atomic E-state index is 0.00626. The lowest BCUT2D eigenvalue weighted by atomic mass is 10.0. The van der Waals surface area contributed by atoms with E-state index in [4.69, 9.17) is 10.2 Å². The number of hydrogen-bond acceptors (Lipinski definition) is 3. The maximum atomic E-state index is 6.17. The number of thiophene rings is 1. The summed E-state index contributed by atoms with van der Waals surface area (Å²) in [6.45, 7) is 0. The SMILES string of the molecule is NC(Cc1csc2ccccc12)c1ccoc1. The van der Waals surface area contributed by atoms with E-state index in [0.29, 0.717) is 0 Å². The fraction of sp³-hybridized carbons (Fsp3) is 0.143. The van der Waals surface area contributed by atoms with Gasteiger partial charge in [-0.1, -0.05) is 18.2 Å². The van der Waals surface area contributed by atoms with Crippen molar-refractivity contribution in [3.8, 4) is 0 Å². The van der Waals surface area contributed by atoms with Crippen LogP contribution in [0.4, 0.5) is 0 Å². The van der Waals surface area contributed by atoms with Crippen LogP contribution in [0.15, 0.2) is 52.7 Å². The van der Waals surface area contributed by atoms with Crippen molar-refractivity contribution in [1.29, 1.82) is 0 Å². The van der Waals surface area contributed by atoms with Gasteiger partial charge in [-0.3, -0.25) is 0 Å². The van der Waals surface area contributed by atoms with Crippen LogP contribution >= 0.6 is 11.3 Å². The Bertz CT molecular complexity index is 612. The molecule has 2 N–H and O–H groups in total. The molecular weight excluding hydrogens is 230 g/mol. The molecular formula is C14H13NOS. The summed E-state index contributed by atoms with van der Waals surface area (Å²) in [5.41, 5.74) is 8.54. The Morgan fingerprint density at radius 2 is 2.12 bits per heavy atom. The van der Waals surface area contributed by atoms with Gasteiger partial charge in [0.1, 0.15) is 0 Å². The lowest BCUT2D eigenvalue weighted by molar-refractivity contribution is 0.558. The largest absolute Gasteiger partial charge is 0.472 e. The predicted octanol–water partition coefficient (Wildman–Crippen LogP) is 3.74. The zero-order valence-electron chi connectivity index (χ0n) is 9.30. The molecule has 3 aromatic rings. The predicted molar refractivity (Wildman–Crippen MR) is 71.2 cm³/mol. The Labute approximate surface area is 104 Å². The van der Waals surface area contributed by atoms with Gasteiger partial charge in [0.2, 0.25) is 0 Å². The molecule has 17 heavy (non-hydrogen) atoms. The van der Waals surface area contributed by atoms with Crippen LogP contribution in [0.1, 0.15) is 17.2 Å². The summed E-state index contributed by atoms with van der Waals surface area (Å²) in [5.74, 6) is 0. The van der Waals surface area contributed by atoms with Gasteiger partial charge in [0.25, 0.3) is 0 Å². The van der Waals surface area contributed by atoms with Crippen molar-refractivity contribution in [2.45, 2.75) is 12.5 Å². The Morgan fingerprint density at radius 3 is 2.94 bits per heavy atom. The average molecular weight is 243 g/mol. The van der Waals surface area contributed by atoms with Crippen molar-refractivity contribution in [2.24, 2.45) is 5.73 Å². The Morgan fingerprint density at radius 1 is 1.24 bits per heavy atom. The molecule has 1 aromatic carbocycles. The Kier molecular flexibility index (Phi) is 2.71. The normalized spacial score (nSPS) is 13.0. The van der Waals surface area contributed by atoms with Gasteiger partial charge < -0.3 is 10.2 Å². The first-order chi connectivity index (χ1) is 8.34. The number of rotatable bonds is 3. The molecule has 0 saturated heterocycles. The maximum Gasteiger partial charge on any atom is 0.0950 e. The summed E-state index contributed by atoms with van der Waals surface area (Å²) < 4.78 is 6.39. The summed E-state index contributed by atoms with van der Waals surface area (Å²) in [4.78, 5) is 0. The molecule has 0 saturated carbocycles. The highest BCUT2D eigenvalue weighted by molar-refractivity contribution is 7.17. The second kappa shape index (κ2) is 4.35. The van der Waals surface area contributed by atoms with Gasteiger partial charge in [0, 0.05) is 16.3 Å². The van der Waals surface area contributed by atoms with Gasteiger partial charge >= 0.3 is 0 Å². The second-order valence-electron chi connectivity index (χ2n) is 4.12. The van der Waals surface area contributed by atoms with Crippen LogP contribution in [0.3, 0.4) is 0 Å². The van der Waals surface area contributed by atoms with E-state index in [0.717, 1.165) is 12.0 Å². The first-order valence-electron chi connectivity index (χ1n) is 5.57. The van der Waals surface area contributed by atoms with E-state index < -0.39 is 0 Å². The molecule has 3 heteroatoms. The number of nitrogens with two attached hydrogens (primary N) is 1. The highest BCUT2D eigenvalue weighted by atomic mass is 32.1. The fourth-order valence-electron chi connectivity index (χ4n) is 2.03. The minimum atomic E-state index is 0.00626. The number of furan rings is 1. The number of hydrogen-bond donors (Lipinski definition) is 1. The Hall–Kier alpha value is -1.58. The van der Waals surface area contributed by atoms with Crippen molar-refractivity contribution in [1.82, 2.24) is 0 Å². The summed E-state index contributed by atoms with van der Waals surface area (Å²) in [6.07, 6.45) is 4.24. The molecule has 0 aliphatic carbocycles. The highest BCUT2D eigenvalue weighted by Crippen LogP contribution is 2.28. The monoisotopic (exact) mass is 243 g/mol. The molecule has 0 radical (unpaired) electrons. The van der Waals surface area contributed by atoms with Crippen LogP contribution < -0.4 is 5.73 Å².